The number of nitrogens with one attached hydrogen (secondary N) is 1. The van der Waals surface area contributed by atoms with Gasteiger partial charge in [0.25, 0.3) is 10.0 Å². The van der Waals surface area contributed by atoms with Gasteiger partial charge >= 0.3 is 6.09 Å². The van der Waals surface area contributed by atoms with Crippen molar-refractivity contribution in [1.29, 1.82) is 0 Å². The largest absolute Gasteiger partial charge is 0.508 e. The molecule has 0 radical (unpaired) electrons. The van der Waals surface area contributed by atoms with Crippen LogP contribution in [0.2, 0.25) is 0 Å². The molecule has 1 aromatic rings. The van der Waals surface area contributed by atoms with E-state index >= 15 is 0 Å². The van der Waals surface area contributed by atoms with Crippen LogP contribution in [0.4, 0.5) is 4.79 Å². The zero-order valence-electron chi connectivity index (χ0n) is 24.3. The van der Waals surface area contributed by atoms with Crippen LogP contribution in [-0.4, -0.2) is 48.6 Å². The molecular formula is C31H47NO7S. The molecule has 9 heteroatoms. The molecule has 4 N–H and O–H groups in total. The summed E-state index contributed by atoms with van der Waals surface area (Å²) in [7, 11) is -4.10. The van der Waals surface area contributed by atoms with Crippen LogP contribution >= 0.6 is 0 Å². The first-order chi connectivity index (χ1) is 18.8. The number of aromatic hydroxyl groups is 1. The van der Waals surface area contributed by atoms with Gasteiger partial charge in [-0.2, -0.15) is 0 Å². The molecule has 1 aromatic carbocycles. The van der Waals surface area contributed by atoms with E-state index in [0.29, 0.717) is 23.7 Å². The topological polar surface area (TPSA) is 133 Å². The summed E-state index contributed by atoms with van der Waals surface area (Å²) >= 11 is 0. The molecule has 6 unspecified atom stereocenters. The van der Waals surface area contributed by atoms with E-state index in [1.54, 1.807) is 0 Å². The second-order valence-electron chi connectivity index (χ2n) is 13.8. The summed E-state index contributed by atoms with van der Waals surface area (Å²) in [6.45, 7) is 9.19. The number of fused-ring (bicyclic) bond motifs is 5. The maximum absolute atomic E-state index is 12.5. The second-order valence-corrected chi connectivity index (χ2v) is 15.5. The van der Waals surface area contributed by atoms with Crippen molar-refractivity contribution in [3.63, 3.8) is 0 Å². The zero-order valence-corrected chi connectivity index (χ0v) is 25.1. The van der Waals surface area contributed by atoms with Gasteiger partial charge < -0.3 is 20.1 Å². The molecule has 1 amide bonds. The molecule has 40 heavy (non-hydrogen) atoms. The van der Waals surface area contributed by atoms with E-state index in [9.17, 15) is 28.5 Å². The average Bonchev–Trinajstić information content (AvgIpc) is 3.26. The molecule has 4 saturated carbocycles. The Morgan fingerprint density at radius 2 is 1.68 bits per heavy atom. The van der Waals surface area contributed by atoms with E-state index in [-0.39, 0.29) is 58.0 Å². The SMILES string of the molecule is CC[C@@H]1C2C[C@H](O)CCC2(C)C2CC[C@@]3(C)C(CCC3[C@H](C)COC(=O)NS(=O)(=O)c3ccc(O)cc3)C2[C@@H]1O. The van der Waals surface area contributed by atoms with Crippen molar-refractivity contribution in [3.8, 4) is 5.75 Å². The predicted octanol–water partition coefficient (Wildman–Crippen LogP) is 5.07. The molecule has 4 aliphatic carbocycles. The number of carbonyl (C=O) groups excluding carboxylic acids is 1. The summed E-state index contributed by atoms with van der Waals surface area (Å²) < 4.78 is 32.4. The molecule has 0 saturated heterocycles. The smallest absolute Gasteiger partial charge is 0.421 e. The van der Waals surface area contributed by atoms with Crippen molar-refractivity contribution in [2.45, 2.75) is 96.2 Å². The first-order valence-corrected chi connectivity index (χ1v) is 16.6. The van der Waals surface area contributed by atoms with Gasteiger partial charge in [0.1, 0.15) is 5.75 Å². The Bertz CT molecular complexity index is 1190. The third-order valence-electron chi connectivity index (χ3n) is 12.0. The summed E-state index contributed by atoms with van der Waals surface area (Å²) in [4.78, 5) is 12.3. The lowest BCUT2D eigenvalue weighted by atomic mass is 9.41. The van der Waals surface area contributed by atoms with Crippen LogP contribution < -0.4 is 4.72 Å². The first kappa shape index (κ1) is 29.6. The summed E-state index contributed by atoms with van der Waals surface area (Å²) in [5.74, 6) is 1.97. The van der Waals surface area contributed by atoms with Gasteiger partial charge in [-0.05, 0) is 121 Å². The number of phenolic OH excluding ortho intramolecular Hbond substituents is 1. The quantitative estimate of drug-likeness (QED) is 0.371. The minimum Gasteiger partial charge on any atom is -0.508 e. The van der Waals surface area contributed by atoms with E-state index < -0.39 is 16.1 Å². The molecule has 0 spiro atoms. The molecule has 0 aliphatic heterocycles. The third-order valence-corrected chi connectivity index (χ3v) is 13.3. The van der Waals surface area contributed by atoms with Crippen LogP contribution in [0.1, 0.15) is 79.1 Å². The Hall–Kier alpha value is -1.84. The molecule has 0 heterocycles. The fraction of sp³-hybridized carbons (Fsp3) is 0.774. The summed E-state index contributed by atoms with van der Waals surface area (Å²) in [6, 6.07) is 4.95. The van der Waals surface area contributed by atoms with Crippen LogP contribution in [-0.2, 0) is 14.8 Å². The second kappa shape index (κ2) is 10.8. The number of carbonyl (C=O) groups is 1. The van der Waals surface area contributed by atoms with Gasteiger partial charge in [0, 0.05) is 0 Å². The van der Waals surface area contributed by atoms with Gasteiger partial charge in [-0.15, -0.1) is 0 Å². The number of benzene rings is 1. The number of phenols is 1. The standard InChI is InChI=1S/C31H47NO7S/c1-5-22-26-16-20(34)12-14-31(26,4)25-13-15-30(3)23(10-11-24(30)27(25)28(22)35)18(2)17-39-29(36)32-40(37,38)21-8-6-19(33)7-9-21/h6-9,18,20,22-28,33-35H,5,10-17H2,1-4H3,(H,32,36)/t18-,20-,22-,23?,24?,25?,26?,27?,28-,30-,31?/m1/s1. The van der Waals surface area contributed by atoms with Crippen molar-refractivity contribution in [2.75, 3.05) is 6.61 Å². The number of sulfonamides is 1. The minimum absolute atomic E-state index is 0.0230. The van der Waals surface area contributed by atoms with Gasteiger partial charge in [-0.3, -0.25) is 0 Å². The molecule has 8 nitrogen and oxygen atoms in total. The van der Waals surface area contributed by atoms with Crippen molar-refractivity contribution in [2.24, 2.45) is 52.3 Å². The van der Waals surface area contributed by atoms with E-state index in [1.165, 1.54) is 24.3 Å². The third kappa shape index (κ3) is 4.94. The maximum Gasteiger partial charge on any atom is 0.421 e. The molecule has 11 atom stereocenters. The number of amides is 1. The highest BCUT2D eigenvalue weighted by molar-refractivity contribution is 7.90. The maximum atomic E-state index is 12.5. The van der Waals surface area contributed by atoms with Gasteiger partial charge in [-0.1, -0.05) is 34.1 Å². The fourth-order valence-electron chi connectivity index (χ4n) is 10.1. The Morgan fingerprint density at radius 1 is 1.02 bits per heavy atom. The Balaban J connectivity index is 1.26. The van der Waals surface area contributed by atoms with Crippen molar-refractivity contribution in [1.82, 2.24) is 4.72 Å². The highest BCUT2D eigenvalue weighted by Crippen LogP contribution is 2.69. The van der Waals surface area contributed by atoms with Crippen LogP contribution in [0.25, 0.3) is 0 Å². The summed E-state index contributed by atoms with van der Waals surface area (Å²) in [6.07, 6.45) is 6.20. The van der Waals surface area contributed by atoms with Gasteiger partial charge in [0.2, 0.25) is 0 Å². The number of hydrogen-bond acceptors (Lipinski definition) is 7. The van der Waals surface area contributed by atoms with Gasteiger partial charge in [-0.25, -0.2) is 17.9 Å². The Labute approximate surface area is 239 Å². The Morgan fingerprint density at radius 3 is 2.35 bits per heavy atom. The molecule has 224 valence electrons. The summed E-state index contributed by atoms with van der Waals surface area (Å²) in [5, 5.41) is 31.8. The number of rotatable bonds is 6. The number of aliphatic hydroxyl groups excluding tert-OH is 2. The lowest BCUT2D eigenvalue weighted by molar-refractivity contribution is -0.203. The number of ether oxygens (including phenoxy) is 1. The van der Waals surface area contributed by atoms with Gasteiger partial charge in [0.15, 0.2) is 0 Å². The lowest BCUT2D eigenvalue weighted by Crippen LogP contribution is -2.62. The number of aliphatic hydroxyl groups is 2. The lowest BCUT2D eigenvalue weighted by Gasteiger charge is -2.64. The fourth-order valence-corrected chi connectivity index (χ4v) is 11.0. The molecule has 4 fully saturated rings. The van der Waals surface area contributed by atoms with E-state index in [4.69, 9.17) is 4.74 Å². The highest BCUT2D eigenvalue weighted by Gasteiger charge is 2.64. The van der Waals surface area contributed by atoms with E-state index in [0.717, 1.165) is 51.4 Å². The van der Waals surface area contributed by atoms with Gasteiger partial charge in [0.05, 0.1) is 23.7 Å². The molecule has 0 aromatic heterocycles. The molecule has 4 aliphatic rings. The van der Waals surface area contributed by atoms with Crippen LogP contribution in [0.3, 0.4) is 0 Å². The van der Waals surface area contributed by atoms with Crippen molar-refractivity contribution < 1.29 is 33.3 Å². The predicted molar refractivity (Wildman–Crippen MR) is 151 cm³/mol. The van der Waals surface area contributed by atoms with E-state index in [1.807, 2.05) is 4.72 Å². The van der Waals surface area contributed by atoms with E-state index in [2.05, 4.69) is 27.7 Å². The zero-order chi connectivity index (χ0) is 29.0. The van der Waals surface area contributed by atoms with Crippen molar-refractivity contribution in [3.05, 3.63) is 24.3 Å². The van der Waals surface area contributed by atoms with Crippen LogP contribution in [0.15, 0.2) is 29.2 Å². The van der Waals surface area contributed by atoms with Crippen molar-refractivity contribution >= 4 is 16.1 Å². The summed E-state index contributed by atoms with van der Waals surface area (Å²) in [5.41, 5.74) is 0.175. The molecule has 5 rings (SSSR count). The monoisotopic (exact) mass is 577 g/mol. The minimum atomic E-state index is -4.10. The highest BCUT2D eigenvalue weighted by atomic mass is 32.2. The number of hydrogen-bond donors (Lipinski definition) is 4. The molecule has 0 bridgehead atoms. The molecular weight excluding hydrogens is 530 g/mol. The van der Waals surface area contributed by atoms with Crippen LogP contribution in [0, 0.1) is 52.3 Å². The average molecular weight is 578 g/mol. The first-order valence-electron chi connectivity index (χ1n) is 15.2. The van der Waals surface area contributed by atoms with Crippen LogP contribution in [0.5, 0.6) is 5.75 Å². The Kier molecular flexibility index (Phi) is 7.98. The normalized spacial score (nSPS) is 41.8.